The Labute approximate surface area is 133 Å². The van der Waals surface area contributed by atoms with Gasteiger partial charge in [0.05, 0.1) is 6.61 Å². The van der Waals surface area contributed by atoms with Crippen molar-refractivity contribution in [2.45, 2.75) is 39.2 Å². The Hall–Kier alpha value is -1.55. The van der Waals surface area contributed by atoms with Crippen LogP contribution in [0.15, 0.2) is 30.3 Å². The minimum atomic E-state index is 0.0101. The molecule has 1 fully saturated rings. The van der Waals surface area contributed by atoms with Gasteiger partial charge in [-0.25, -0.2) is 0 Å². The number of benzene rings is 1. The molecule has 0 aromatic heterocycles. The number of amides is 1. The summed E-state index contributed by atoms with van der Waals surface area (Å²) in [6, 6.07) is 10.1. The molecule has 4 nitrogen and oxygen atoms in total. The number of para-hydroxylation sites is 1. The molecule has 1 aliphatic heterocycles. The topological polar surface area (TPSA) is 41.6 Å². The van der Waals surface area contributed by atoms with E-state index in [1.54, 1.807) is 0 Å². The molecule has 1 N–H and O–H groups in total. The molecule has 1 saturated heterocycles. The van der Waals surface area contributed by atoms with E-state index in [-0.39, 0.29) is 11.8 Å². The number of nitrogens with zero attached hydrogens (tertiary/aromatic N) is 1. The Morgan fingerprint density at radius 3 is 2.82 bits per heavy atom. The second kappa shape index (κ2) is 8.79. The van der Waals surface area contributed by atoms with Gasteiger partial charge in [0.15, 0.2) is 0 Å². The van der Waals surface area contributed by atoms with Gasteiger partial charge in [0.1, 0.15) is 5.75 Å². The van der Waals surface area contributed by atoms with E-state index >= 15 is 0 Å². The Morgan fingerprint density at radius 2 is 2.18 bits per heavy atom. The molecule has 1 aromatic rings. The van der Waals surface area contributed by atoms with Crippen LogP contribution in [0, 0.1) is 5.92 Å². The number of ether oxygens (including phenoxy) is 1. The van der Waals surface area contributed by atoms with Gasteiger partial charge in [-0.2, -0.15) is 0 Å². The average molecular weight is 304 g/mol. The molecule has 1 aliphatic rings. The minimum Gasteiger partial charge on any atom is -0.494 e. The summed E-state index contributed by atoms with van der Waals surface area (Å²) in [4.78, 5) is 14.8. The van der Waals surface area contributed by atoms with Crippen molar-refractivity contribution in [2.75, 3.05) is 26.2 Å². The molecule has 1 amide bonds. The lowest BCUT2D eigenvalue weighted by Crippen LogP contribution is -2.44. The zero-order valence-corrected chi connectivity index (χ0v) is 13.8. The molecule has 2 rings (SSSR count). The minimum absolute atomic E-state index is 0.0101. The van der Waals surface area contributed by atoms with Crippen LogP contribution in [0.1, 0.15) is 33.1 Å². The van der Waals surface area contributed by atoms with Crippen molar-refractivity contribution in [3.8, 4) is 5.75 Å². The number of hydrogen-bond donors (Lipinski definition) is 1. The molecule has 2 unspecified atom stereocenters. The van der Waals surface area contributed by atoms with Crippen LogP contribution in [0.4, 0.5) is 0 Å². The van der Waals surface area contributed by atoms with Crippen LogP contribution in [-0.4, -0.2) is 43.1 Å². The zero-order valence-electron chi connectivity index (χ0n) is 13.8. The second-order valence-corrected chi connectivity index (χ2v) is 6.03. The smallest absolute Gasteiger partial charge is 0.225 e. The lowest BCUT2D eigenvalue weighted by atomic mass is 10.0. The van der Waals surface area contributed by atoms with E-state index in [4.69, 9.17) is 4.74 Å². The Morgan fingerprint density at radius 1 is 1.41 bits per heavy atom. The zero-order chi connectivity index (χ0) is 15.8. The van der Waals surface area contributed by atoms with Gasteiger partial charge < -0.3 is 15.0 Å². The molecule has 0 saturated carbocycles. The predicted molar refractivity (Wildman–Crippen MR) is 89.0 cm³/mol. The molecule has 1 aromatic carbocycles. The van der Waals surface area contributed by atoms with E-state index in [0.717, 1.165) is 44.6 Å². The largest absolute Gasteiger partial charge is 0.494 e. The molecule has 2 atom stereocenters. The van der Waals surface area contributed by atoms with Crippen molar-refractivity contribution in [3.05, 3.63) is 30.3 Å². The van der Waals surface area contributed by atoms with Crippen molar-refractivity contribution in [1.82, 2.24) is 10.2 Å². The van der Waals surface area contributed by atoms with Gasteiger partial charge in [0, 0.05) is 25.0 Å². The van der Waals surface area contributed by atoms with E-state index in [0.29, 0.717) is 12.6 Å². The lowest BCUT2D eigenvalue weighted by Gasteiger charge is -2.30. The summed E-state index contributed by atoms with van der Waals surface area (Å²) in [7, 11) is 0. The van der Waals surface area contributed by atoms with Crippen LogP contribution >= 0.6 is 0 Å². The van der Waals surface area contributed by atoms with Crippen LogP contribution in [0.2, 0.25) is 0 Å². The summed E-state index contributed by atoms with van der Waals surface area (Å²) in [5.41, 5.74) is 0. The highest BCUT2D eigenvalue weighted by molar-refractivity contribution is 5.78. The van der Waals surface area contributed by atoms with Crippen molar-refractivity contribution in [1.29, 1.82) is 0 Å². The Kier molecular flexibility index (Phi) is 6.72. The van der Waals surface area contributed by atoms with Crippen LogP contribution < -0.4 is 10.1 Å². The third-order valence-corrected chi connectivity index (χ3v) is 4.21. The number of nitrogens with one attached hydrogen (secondary N) is 1. The van der Waals surface area contributed by atoms with Crippen LogP contribution in [0.5, 0.6) is 5.75 Å². The predicted octanol–water partition coefficient (Wildman–Crippen LogP) is 2.69. The van der Waals surface area contributed by atoms with E-state index in [1.165, 1.54) is 0 Å². The van der Waals surface area contributed by atoms with Crippen molar-refractivity contribution in [2.24, 2.45) is 5.92 Å². The van der Waals surface area contributed by atoms with Crippen molar-refractivity contribution < 1.29 is 9.53 Å². The molecule has 1 heterocycles. The van der Waals surface area contributed by atoms with Crippen LogP contribution in [-0.2, 0) is 4.79 Å². The summed E-state index contributed by atoms with van der Waals surface area (Å²) in [5, 5.41) is 3.35. The first-order valence-corrected chi connectivity index (χ1v) is 8.41. The molecule has 0 aliphatic carbocycles. The summed E-state index contributed by atoms with van der Waals surface area (Å²) in [6.45, 7) is 7.53. The van der Waals surface area contributed by atoms with Gasteiger partial charge in [-0.05, 0) is 37.9 Å². The van der Waals surface area contributed by atoms with Crippen LogP contribution in [0.3, 0.4) is 0 Å². The molecule has 0 bridgehead atoms. The fourth-order valence-corrected chi connectivity index (χ4v) is 2.90. The van der Waals surface area contributed by atoms with Gasteiger partial charge in [0.2, 0.25) is 5.91 Å². The van der Waals surface area contributed by atoms with E-state index in [1.807, 2.05) is 37.3 Å². The molecule has 0 spiro atoms. The highest BCUT2D eigenvalue weighted by Crippen LogP contribution is 2.16. The Bertz CT molecular complexity index is 444. The van der Waals surface area contributed by atoms with E-state index in [9.17, 15) is 4.79 Å². The summed E-state index contributed by atoms with van der Waals surface area (Å²) in [5.74, 6) is 1.15. The molecular weight excluding hydrogens is 276 g/mol. The molecule has 122 valence electrons. The first-order valence-electron chi connectivity index (χ1n) is 8.41. The molecular formula is C18H28N2O2. The lowest BCUT2D eigenvalue weighted by molar-refractivity contribution is -0.137. The number of carbonyl (C=O) groups is 1. The van der Waals surface area contributed by atoms with Crippen LogP contribution in [0.25, 0.3) is 0 Å². The average Bonchev–Trinajstić information content (AvgIpc) is 3.07. The first kappa shape index (κ1) is 16.8. The third-order valence-electron chi connectivity index (χ3n) is 4.21. The van der Waals surface area contributed by atoms with Gasteiger partial charge in [-0.3, -0.25) is 4.79 Å². The Balaban J connectivity index is 1.81. The molecule has 4 heteroatoms. The van der Waals surface area contributed by atoms with Gasteiger partial charge >= 0.3 is 0 Å². The monoisotopic (exact) mass is 304 g/mol. The molecule has 22 heavy (non-hydrogen) atoms. The normalized spacial score (nSPS) is 18.9. The summed E-state index contributed by atoms with van der Waals surface area (Å²) >= 11 is 0. The van der Waals surface area contributed by atoms with Crippen molar-refractivity contribution in [3.63, 3.8) is 0 Å². The molecule has 0 radical (unpaired) electrons. The summed E-state index contributed by atoms with van der Waals surface area (Å²) < 4.78 is 5.71. The van der Waals surface area contributed by atoms with Gasteiger partial charge in [0.25, 0.3) is 0 Å². The summed E-state index contributed by atoms with van der Waals surface area (Å²) in [6.07, 6.45) is 2.84. The standard InChI is InChI=1S/C18H28N2O2/c1-3-12-20(16-9-11-19-14-16)18(21)15(2)10-13-22-17-7-5-4-6-8-17/h4-8,15-16,19H,3,9-14H2,1-2H3. The fraction of sp³-hybridized carbons (Fsp3) is 0.611. The quantitative estimate of drug-likeness (QED) is 0.803. The number of carbonyl (C=O) groups excluding carboxylic acids is 1. The highest BCUT2D eigenvalue weighted by atomic mass is 16.5. The second-order valence-electron chi connectivity index (χ2n) is 6.03. The fourth-order valence-electron chi connectivity index (χ4n) is 2.90. The maximum Gasteiger partial charge on any atom is 0.225 e. The SMILES string of the molecule is CCCN(C(=O)C(C)CCOc1ccccc1)C1CCNC1. The van der Waals surface area contributed by atoms with E-state index in [2.05, 4.69) is 17.1 Å². The highest BCUT2D eigenvalue weighted by Gasteiger charge is 2.28. The van der Waals surface area contributed by atoms with E-state index < -0.39 is 0 Å². The maximum absolute atomic E-state index is 12.7. The van der Waals surface area contributed by atoms with Gasteiger partial charge in [-0.1, -0.05) is 32.0 Å². The number of rotatable bonds is 8. The third kappa shape index (κ3) is 4.73. The number of hydrogen-bond acceptors (Lipinski definition) is 3. The van der Waals surface area contributed by atoms with Gasteiger partial charge in [-0.15, -0.1) is 0 Å². The maximum atomic E-state index is 12.7. The van der Waals surface area contributed by atoms with Crippen molar-refractivity contribution >= 4 is 5.91 Å². The first-order chi connectivity index (χ1) is 10.7.